The second kappa shape index (κ2) is 6.53. The van der Waals surface area contributed by atoms with Crippen molar-refractivity contribution >= 4 is 11.8 Å². The van der Waals surface area contributed by atoms with Crippen LogP contribution in [0.2, 0.25) is 0 Å². The Kier molecular flexibility index (Phi) is 6.43. The van der Waals surface area contributed by atoms with Crippen LogP contribution in [0.5, 0.6) is 0 Å². The molecule has 0 amide bonds. The Morgan fingerprint density at radius 3 is 1.64 bits per heavy atom. The Balaban J connectivity index is 3.43. The predicted molar refractivity (Wildman–Crippen MR) is 56.2 cm³/mol. The number of allylic oxidation sites excluding steroid dienone is 2. The van der Waals surface area contributed by atoms with Gasteiger partial charge in [0.15, 0.2) is 0 Å². The Morgan fingerprint density at radius 2 is 1.36 bits per heavy atom. The van der Waals surface area contributed by atoms with Crippen molar-refractivity contribution in [3.8, 4) is 0 Å². The summed E-state index contributed by atoms with van der Waals surface area (Å²) in [5, 5.41) is 0. The Labute approximate surface area is 74.8 Å². The van der Waals surface area contributed by atoms with Gasteiger partial charge in [0.1, 0.15) is 0 Å². The molecule has 0 spiro atoms. The maximum absolute atomic E-state index is 2.18. The van der Waals surface area contributed by atoms with Gasteiger partial charge in [-0.2, -0.15) is 11.8 Å². The average Bonchev–Trinajstić information content (AvgIpc) is 2.04. The van der Waals surface area contributed by atoms with Crippen LogP contribution in [-0.2, 0) is 0 Å². The Morgan fingerprint density at radius 1 is 1.00 bits per heavy atom. The summed E-state index contributed by atoms with van der Waals surface area (Å²) in [6.07, 6.45) is 4.36. The fourth-order valence-electron chi connectivity index (χ4n) is 0.540. The predicted octanol–water partition coefficient (Wildman–Crippen LogP) is 3.65. The van der Waals surface area contributed by atoms with Crippen LogP contribution in [-0.4, -0.2) is 11.5 Å². The molecule has 0 bridgehead atoms. The van der Waals surface area contributed by atoms with Crippen LogP contribution in [0.3, 0.4) is 0 Å². The molecule has 0 fully saturated rings. The number of hydrogen-bond donors (Lipinski definition) is 0. The van der Waals surface area contributed by atoms with Crippen molar-refractivity contribution in [2.24, 2.45) is 0 Å². The average molecular weight is 170 g/mol. The first-order valence-corrected chi connectivity index (χ1v) is 5.17. The summed E-state index contributed by atoms with van der Waals surface area (Å²) in [4.78, 5) is 0. The molecule has 0 N–H and O–H groups in total. The maximum atomic E-state index is 2.18. The summed E-state index contributed by atoms with van der Waals surface area (Å²) in [6.45, 7) is 8.55. The number of thioether (sulfide) groups is 1. The minimum atomic E-state index is 1.17. The highest BCUT2D eigenvalue weighted by Crippen LogP contribution is 2.10. The van der Waals surface area contributed by atoms with Gasteiger partial charge in [0.2, 0.25) is 0 Å². The molecule has 0 unspecified atom stereocenters. The molecule has 0 atom stereocenters. The molecular weight excluding hydrogens is 152 g/mol. The minimum absolute atomic E-state index is 1.17. The third-order valence-electron chi connectivity index (χ3n) is 1.65. The summed E-state index contributed by atoms with van der Waals surface area (Å²) >= 11 is 1.98. The Bertz CT molecular complexity index is 136. The van der Waals surface area contributed by atoms with Crippen LogP contribution in [0.4, 0.5) is 0 Å². The lowest BCUT2D eigenvalue weighted by molar-refractivity contribution is 1.35. The van der Waals surface area contributed by atoms with Crippen molar-refractivity contribution in [3.63, 3.8) is 0 Å². The van der Waals surface area contributed by atoms with Crippen LogP contribution in [0.15, 0.2) is 23.3 Å². The fourth-order valence-corrected chi connectivity index (χ4v) is 1.62. The van der Waals surface area contributed by atoms with Gasteiger partial charge in [-0.3, -0.25) is 0 Å². The zero-order valence-corrected chi connectivity index (χ0v) is 8.79. The topological polar surface area (TPSA) is 0 Å². The van der Waals surface area contributed by atoms with Gasteiger partial charge in [-0.15, -0.1) is 0 Å². The molecule has 0 aliphatic heterocycles. The highest BCUT2D eigenvalue weighted by Gasteiger charge is 1.90. The first-order chi connectivity index (χ1) is 5.20. The fraction of sp³-hybridized carbons (Fsp3) is 0.600. The normalized spacial score (nSPS) is 13.8. The smallest absolute Gasteiger partial charge is 0.0143 e. The number of hydrogen-bond acceptors (Lipinski definition) is 1. The molecule has 0 aromatic rings. The molecule has 0 rings (SSSR count). The summed E-state index contributed by atoms with van der Waals surface area (Å²) in [7, 11) is 0. The first kappa shape index (κ1) is 10.8. The van der Waals surface area contributed by atoms with E-state index in [2.05, 4.69) is 39.8 Å². The van der Waals surface area contributed by atoms with E-state index in [0.717, 1.165) is 0 Å². The molecular formula is C10H18S. The van der Waals surface area contributed by atoms with Crippen molar-refractivity contribution in [2.75, 3.05) is 11.5 Å². The molecule has 11 heavy (non-hydrogen) atoms. The number of rotatable bonds is 4. The van der Waals surface area contributed by atoms with E-state index >= 15 is 0 Å². The van der Waals surface area contributed by atoms with Gasteiger partial charge in [0.05, 0.1) is 0 Å². The summed E-state index contributed by atoms with van der Waals surface area (Å²) in [6, 6.07) is 0. The molecule has 1 heteroatoms. The van der Waals surface area contributed by atoms with Crippen LogP contribution in [0.1, 0.15) is 27.7 Å². The van der Waals surface area contributed by atoms with Gasteiger partial charge >= 0.3 is 0 Å². The zero-order valence-electron chi connectivity index (χ0n) is 7.98. The first-order valence-electron chi connectivity index (χ1n) is 4.02. The maximum Gasteiger partial charge on any atom is 0.0143 e. The lowest BCUT2D eigenvalue weighted by Gasteiger charge is -2.00. The van der Waals surface area contributed by atoms with Gasteiger partial charge in [-0.1, -0.05) is 23.3 Å². The van der Waals surface area contributed by atoms with Crippen LogP contribution in [0.25, 0.3) is 0 Å². The van der Waals surface area contributed by atoms with Gasteiger partial charge in [0, 0.05) is 11.5 Å². The molecule has 0 saturated heterocycles. The molecule has 0 aromatic carbocycles. The molecule has 0 aliphatic rings. The van der Waals surface area contributed by atoms with Gasteiger partial charge in [0.25, 0.3) is 0 Å². The minimum Gasteiger partial charge on any atom is -0.153 e. The van der Waals surface area contributed by atoms with Gasteiger partial charge < -0.3 is 0 Å². The summed E-state index contributed by atoms with van der Waals surface area (Å²) < 4.78 is 0. The van der Waals surface area contributed by atoms with E-state index in [4.69, 9.17) is 0 Å². The van der Waals surface area contributed by atoms with E-state index in [1.54, 1.807) is 0 Å². The van der Waals surface area contributed by atoms with Gasteiger partial charge in [-0.05, 0) is 27.7 Å². The van der Waals surface area contributed by atoms with E-state index in [0.29, 0.717) is 0 Å². The zero-order chi connectivity index (χ0) is 8.69. The van der Waals surface area contributed by atoms with Gasteiger partial charge in [-0.25, -0.2) is 0 Å². The highest BCUT2D eigenvalue weighted by molar-refractivity contribution is 7.99. The van der Waals surface area contributed by atoms with E-state index in [1.807, 2.05) is 11.8 Å². The van der Waals surface area contributed by atoms with Crippen molar-refractivity contribution < 1.29 is 0 Å². The summed E-state index contributed by atoms with van der Waals surface area (Å²) in [5.41, 5.74) is 2.94. The van der Waals surface area contributed by atoms with E-state index < -0.39 is 0 Å². The molecule has 0 nitrogen and oxygen atoms in total. The largest absolute Gasteiger partial charge is 0.153 e. The van der Waals surface area contributed by atoms with Crippen molar-refractivity contribution in [1.29, 1.82) is 0 Å². The van der Waals surface area contributed by atoms with Crippen molar-refractivity contribution in [1.82, 2.24) is 0 Å². The molecule has 0 heterocycles. The van der Waals surface area contributed by atoms with E-state index in [9.17, 15) is 0 Å². The van der Waals surface area contributed by atoms with E-state index in [1.165, 1.54) is 22.7 Å². The van der Waals surface area contributed by atoms with Crippen molar-refractivity contribution in [3.05, 3.63) is 23.3 Å². The van der Waals surface area contributed by atoms with E-state index in [-0.39, 0.29) is 0 Å². The molecule has 0 aliphatic carbocycles. The second-order valence-corrected chi connectivity index (χ2v) is 3.75. The quantitative estimate of drug-likeness (QED) is 0.580. The molecule has 64 valence electrons. The monoisotopic (exact) mass is 170 g/mol. The third kappa shape index (κ3) is 6.24. The second-order valence-electron chi connectivity index (χ2n) is 2.76. The lowest BCUT2D eigenvalue weighted by Crippen LogP contribution is -1.85. The van der Waals surface area contributed by atoms with Crippen LogP contribution < -0.4 is 0 Å². The highest BCUT2D eigenvalue weighted by atomic mass is 32.2. The lowest BCUT2D eigenvalue weighted by atomic mass is 10.3. The molecule has 0 saturated carbocycles. The third-order valence-corrected chi connectivity index (χ3v) is 2.96. The Hall–Kier alpha value is -0.170. The van der Waals surface area contributed by atoms with Crippen LogP contribution >= 0.6 is 11.8 Å². The molecule has 0 radical (unpaired) electrons. The van der Waals surface area contributed by atoms with Crippen LogP contribution in [0, 0.1) is 0 Å². The molecule has 0 aromatic heterocycles. The van der Waals surface area contributed by atoms with Crippen molar-refractivity contribution in [2.45, 2.75) is 27.7 Å². The summed E-state index contributed by atoms with van der Waals surface area (Å²) in [5.74, 6) is 2.34. The standard InChI is InChI=1S/C10H18S/c1-5-9(3)7-11-8-10(4)6-2/h5-6H,7-8H2,1-4H3. The SMILES string of the molecule is CC=C(C)CSCC(C)=CC.